The molecule has 33 heavy (non-hydrogen) atoms. The van der Waals surface area contributed by atoms with Gasteiger partial charge in [-0.1, -0.05) is 54.6 Å². The van der Waals surface area contributed by atoms with Crippen LogP contribution in [0.15, 0.2) is 60.7 Å². The largest absolute Gasteiger partial charge is 0.466 e. The summed E-state index contributed by atoms with van der Waals surface area (Å²) in [5.41, 5.74) is 9.98. The van der Waals surface area contributed by atoms with E-state index < -0.39 is 17.8 Å². The van der Waals surface area contributed by atoms with Crippen molar-refractivity contribution >= 4 is 11.6 Å². The average Bonchev–Trinajstić information content (AvgIpc) is 2.79. The molecule has 0 atom stereocenters. The van der Waals surface area contributed by atoms with E-state index in [0.29, 0.717) is 30.1 Å². The Hall–Kier alpha value is -3.29. The molecule has 6 nitrogen and oxygen atoms in total. The zero-order valence-corrected chi connectivity index (χ0v) is 18.4. The molecule has 2 aliphatic rings. The lowest BCUT2D eigenvalue weighted by Gasteiger charge is -2.49. The lowest BCUT2D eigenvalue weighted by Crippen LogP contribution is -2.58. The van der Waals surface area contributed by atoms with E-state index >= 15 is 0 Å². The molecule has 0 unspecified atom stereocenters. The van der Waals surface area contributed by atoms with Gasteiger partial charge in [0.05, 0.1) is 17.8 Å². The van der Waals surface area contributed by atoms with Crippen LogP contribution in [0.25, 0.3) is 22.4 Å². The van der Waals surface area contributed by atoms with E-state index in [1.165, 1.54) is 4.90 Å². The molecule has 7 heteroatoms. The lowest BCUT2D eigenvalue weighted by atomic mass is 9.63. The van der Waals surface area contributed by atoms with Crippen molar-refractivity contribution in [1.82, 2.24) is 4.98 Å². The van der Waals surface area contributed by atoms with E-state index in [4.69, 9.17) is 15.5 Å². The first-order chi connectivity index (χ1) is 15.8. The van der Waals surface area contributed by atoms with Crippen LogP contribution >= 0.6 is 0 Å². The van der Waals surface area contributed by atoms with E-state index in [-0.39, 0.29) is 19.1 Å². The summed E-state index contributed by atoms with van der Waals surface area (Å²) in [5, 5.41) is 10.1. The highest BCUT2D eigenvalue weighted by molar-refractivity contribution is 5.99. The van der Waals surface area contributed by atoms with Gasteiger partial charge >= 0.3 is 0 Å². The Morgan fingerprint density at radius 2 is 1.82 bits per heavy atom. The van der Waals surface area contributed by atoms with Gasteiger partial charge in [-0.05, 0) is 37.0 Å². The van der Waals surface area contributed by atoms with Crippen LogP contribution in [0.5, 0.6) is 5.88 Å². The van der Waals surface area contributed by atoms with Crippen molar-refractivity contribution < 1.29 is 19.0 Å². The van der Waals surface area contributed by atoms with Gasteiger partial charge in [-0.15, -0.1) is 0 Å². The van der Waals surface area contributed by atoms with Crippen molar-refractivity contribution in [1.29, 1.82) is 0 Å². The number of amides is 1. The highest BCUT2D eigenvalue weighted by atomic mass is 19.1. The summed E-state index contributed by atoms with van der Waals surface area (Å²) in [5.74, 6) is 0.0230. The zero-order valence-electron chi connectivity index (χ0n) is 18.4. The van der Waals surface area contributed by atoms with Crippen molar-refractivity contribution in [3.63, 3.8) is 0 Å². The lowest BCUT2D eigenvalue weighted by molar-refractivity contribution is -0.121. The van der Waals surface area contributed by atoms with Gasteiger partial charge in [-0.25, -0.2) is 9.37 Å². The molecule has 170 valence electrons. The molecule has 1 aromatic heterocycles. The number of aliphatic hydroxyl groups is 1. The Morgan fingerprint density at radius 1 is 1.12 bits per heavy atom. The number of hydrogen-bond donors (Lipinski definition) is 2. The van der Waals surface area contributed by atoms with Crippen LogP contribution < -0.4 is 15.4 Å². The number of fused-ring (bicyclic) bond motifs is 1. The first-order valence-electron chi connectivity index (χ1n) is 11.0. The van der Waals surface area contributed by atoms with E-state index in [9.17, 15) is 14.3 Å². The van der Waals surface area contributed by atoms with Crippen LogP contribution in [-0.2, 0) is 10.3 Å². The van der Waals surface area contributed by atoms with Crippen molar-refractivity contribution in [2.24, 2.45) is 5.73 Å². The molecular weight excluding hydrogens is 421 g/mol. The molecular formula is C26H26FN3O3. The number of aromatic nitrogens is 1. The van der Waals surface area contributed by atoms with Crippen LogP contribution in [0, 0.1) is 0 Å². The van der Waals surface area contributed by atoms with Crippen molar-refractivity contribution in [2.75, 3.05) is 24.7 Å². The van der Waals surface area contributed by atoms with Gasteiger partial charge in [0.2, 0.25) is 5.88 Å². The minimum Gasteiger partial charge on any atom is -0.466 e. The molecule has 3 aromatic rings. The monoisotopic (exact) mass is 447 g/mol. The molecule has 3 N–H and O–H groups in total. The maximum atomic E-state index is 13.1. The summed E-state index contributed by atoms with van der Waals surface area (Å²) in [6.45, 7) is 0.940. The molecule has 0 radical (unpaired) electrons. The summed E-state index contributed by atoms with van der Waals surface area (Å²) in [7, 11) is 0. The number of rotatable bonds is 5. The number of benzene rings is 2. The summed E-state index contributed by atoms with van der Waals surface area (Å²) in [6.07, 6.45) is 1.02. The Morgan fingerprint density at radius 3 is 2.45 bits per heavy atom. The number of nitrogens with two attached hydrogens (primary N) is 1. The molecule has 1 fully saturated rings. The van der Waals surface area contributed by atoms with Gasteiger partial charge in [-0.3, -0.25) is 4.79 Å². The predicted octanol–water partition coefficient (Wildman–Crippen LogP) is 3.81. The van der Waals surface area contributed by atoms with Gasteiger partial charge in [0.25, 0.3) is 5.91 Å². The molecule has 2 heterocycles. The highest BCUT2D eigenvalue weighted by Crippen LogP contribution is 2.47. The number of pyridine rings is 1. The summed E-state index contributed by atoms with van der Waals surface area (Å²) >= 11 is 0. The second-order valence-corrected chi connectivity index (χ2v) is 9.18. The molecule has 5 rings (SSSR count). The molecule has 1 amide bonds. The van der Waals surface area contributed by atoms with Crippen LogP contribution in [0.2, 0.25) is 0 Å². The number of anilines is 1. The molecule has 0 saturated heterocycles. The SMILES string of the molecule is C[C@]1(O)C[C@@](N)(c2ccc(-c3nc4c(cc3-c3ccccc3)N(CCF)C(=O)CO4)cc2)C1. The quantitative estimate of drug-likeness (QED) is 0.621. The molecule has 2 aromatic carbocycles. The van der Waals surface area contributed by atoms with E-state index in [2.05, 4.69) is 0 Å². The standard InChI is InChI=1S/C26H26FN3O3/c1-25(32)15-26(28,16-25)19-9-7-18(8-10-19)23-20(17-5-3-2-4-6-17)13-21-24(29-23)33-14-22(31)30(21)12-11-27/h2-10,13,32H,11-12,14-16,28H2,1H3/t25-,26-. The number of hydrogen-bond acceptors (Lipinski definition) is 5. The van der Waals surface area contributed by atoms with Crippen molar-refractivity contribution in [2.45, 2.75) is 30.9 Å². The Bertz CT molecular complexity index is 1190. The second kappa shape index (κ2) is 7.93. The fraction of sp³-hybridized carbons (Fsp3) is 0.308. The minimum absolute atomic E-state index is 0.0402. The third-order valence-corrected chi connectivity index (χ3v) is 6.41. The summed E-state index contributed by atoms with van der Waals surface area (Å²) in [6, 6.07) is 19.5. The summed E-state index contributed by atoms with van der Waals surface area (Å²) in [4.78, 5) is 18.5. The van der Waals surface area contributed by atoms with Crippen LogP contribution in [0.4, 0.5) is 10.1 Å². The molecule has 0 bridgehead atoms. The van der Waals surface area contributed by atoms with Crippen LogP contribution in [-0.4, -0.2) is 41.4 Å². The van der Waals surface area contributed by atoms with Crippen molar-refractivity contribution in [3.05, 3.63) is 66.2 Å². The molecule has 1 saturated carbocycles. The van der Waals surface area contributed by atoms with E-state index in [0.717, 1.165) is 22.3 Å². The van der Waals surface area contributed by atoms with Gasteiger partial charge < -0.3 is 20.5 Å². The first-order valence-corrected chi connectivity index (χ1v) is 11.0. The Labute approximate surface area is 191 Å². The fourth-order valence-corrected chi connectivity index (χ4v) is 4.99. The fourth-order valence-electron chi connectivity index (χ4n) is 4.99. The number of carbonyl (C=O) groups excluding carboxylic acids is 1. The maximum Gasteiger partial charge on any atom is 0.265 e. The summed E-state index contributed by atoms with van der Waals surface area (Å²) < 4.78 is 18.8. The topological polar surface area (TPSA) is 88.7 Å². The Kier molecular flexibility index (Phi) is 5.18. The predicted molar refractivity (Wildman–Crippen MR) is 125 cm³/mol. The molecule has 1 aliphatic carbocycles. The zero-order chi connectivity index (χ0) is 23.2. The smallest absolute Gasteiger partial charge is 0.265 e. The first kappa shape index (κ1) is 21.6. The average molecular weight is 448 g/mol. The molecule has 1 aliphatic heterocycles. The Balaban J connectivity index is 1.59. The van der Waals surface area contributed by atoms with Crippen molar-refractivity contribution in [3.8, 4) is 28.3 Å². The van der Waals surface area contributed by atoms with Gasteiger partial charge in [-0.2, -0.15) is 0 Å². The van der Waals surface area contributed by atoms with Gasteiger partial charge in [0.15, 0.2) is 6.61 Å². The number of alkyl halides is 1. The number of ether oxygens (including phenoxy) is 1. The van der Waals surface area contributed by atoms with Crippen LogP contribution in [0.3, 0.4) is 0 Å². The van der Waals surface area contributed by atoms with Gasteiger partial charge in [0, 0.05) is 16.7 Å². The second-order valence-electron chi connectivity index (χ2n) is 9.18. The normalized spacial score (nSPS) is 24.1. The maximum absolute atomic E-state index is 13.1. The number of nitrogens with zero attached hydrogens (tertiary/aromatic N) is 2. The number of halogens is 1. The number of carbonyl (C=O) groups is 1. The van der Waals surface area contributed by atoms with E-state index in [1.54, 1.807) is 6.92 Å². The third kappa shape index (κ3) is 3.87. The highest BCUT2D eigenvalue weighted by Gasteiger charge is 2.49. The van der Waals surface area contributed by atoms with Crippen LogP contribution in [0.1, 0.15) is 25.3 Å². The van der Waals surface area contributed by atoms with E-state index in [1.807, 2.05) is 60.7 Å². The van der Waals surface area contributed by atoms with Gasteiger partial charge in [0.1, 0.15) is 12.4 Å². The molecule has 0 spiro atoms. The third-order valence-electron chi connectivity index (χ3n) is 6.41. The minimum atomic E-state index is -0.728.